The van der Waals surface area contributed by atoms with Gasteiger partial charge in [-0.05, 0) is 0 Å². The third-order valence-electron chi connectivity index (χ3n) is 2.11. The van der Waals surface area contributed by atoms with Crippen molar-refractivity contribution < 1.29 is 9.59 Å². The van der Waals surface area contributed by atoms with Crippen molar-refractivity contribution in [2.75, 3.05) is 24.6 Å². The molecule has 2 saturated heterocycles. The number of nitrogens with zero attached hydrogens (tertiary/aromatic N) is 1. The summed E-state index contributed by atoms with van der Waals surface area (Å²) in [5, 5.41) is 3.05. The predicted octanol–water partition coefficient (Wildman–Crippen LogP) is -0.940. The normalized spacial score (nSPS) is 25.8. The van der Waals surface area contributed by atoms with E-state index in [-0.39, 0.29) is 17.9 Å². The first-order valence-corrected chi connectivity index (χ1v) is 5.08. The third kappa shape index (κ3) is 1.23. The summed E-state index contributed by atoms with van der Waals surface area (Å²) in [6.07, 6.45) is 0. The van der Waals surface area contributed by atoms with Crippen LogP contribution in [0.4, 0.5) is 0 Å². The molecule has 2 fully saturated rings. The maximum atomic E-state index is 11.3. The summed E-state index contributed by atoms with van der Waals surface area (Å²) in [6, 6.07) is 0.130. The molecular formula is C7H10N2O2S. The zero-order valence-corrected chi connectivity index (χ0v) is 7.39. The summed E-state index contributed by atoms with van der Waals surface area (Å²) >= 11 is 1.41. The molecule has 5 heteroatoms. The van der Waals surface area contributed by atoms with E-state index in [1.165, 1.54) is 16.7 Å². The molecule has 0 aromatic heterocycles. The van der Waals surface area contributed by atoms with Crippen molar-refractivity contribution in [2.45, 2.75) is 6.04 Å². The molecule has 0 spiro atoms. The van der Waals surface area contributed by atoms with Crippen LogP contribution in [0.25, 0.3) is 0 Å². The second-order valence-corrected chi connectivity index (χ2v) is 3.95. The summed E-state index contributed by atoms with van der Waals surface area (Å²) in [6.45, 7) is 1.53. The molecule has 0 aromatic carbocycles. The van der Waals surface area contributed by atoms with Crippen molar-refractivity contribution in [1.82, 2.24) is 10.2 Å². The Kier molecular flexibility index (Phi) is 2.06. The Morgan fingerprint density at radius 3 is 2.25 bits per heavy atom. The minimum atomic E-state index is -0.0252. The van der Waals surface area contributed by atoms with E-state index in [1.807, 2.05) is 0 Å². The van der Waals surface area contributed by atoms with Gasteiger partial charge in [-0.3, -0.25) is 14.5 Å². The van der Waals surface area contributed by atoms with E-state index < -0.39 is 0 Å². The third-order valence-corrected chi connectivity index (χ3v) is 3.02. The van der Waals surface area contributed by atoms with Gasteiger partial charge in [-0.2, -0.15) is 0 Å². The number of hydrogen-bond acceptors (Lipinski definition) is 4. The van der Waals surface area contributed by atoms with E-state index >= 15 is 0 Å². The fourth-order valence-electron chi connectivity index (χ4n) is 1.37. The van der Waals surface area contributed by atoms with Crippen LogP contribution in [0, 0.1) is 0 Å². The number of nitrogens with one attached hydrogen (secondary N) is 1. The van der Waals surface area contributed by atoms with Gasteiger partial charge in [0.1, 0.15) is 0 Å². The van der Waals surface area contributed by atoms with Gasteiger partial charge in [-0.25, -0.2) is 0 Å². The van der Waals surface area contributed by atoms with Gasteiger partial charge in [0, 0.05) is 13.1 Å². The maximum Gasteiger partial charge on any atom is 0.239 e. The van der Waals surface area contributed by atoms with Crippen LogP contribution in [0.2, 0.25) is 0 Å². The van der Waals surface area contributed by atoms with Crippen molar-refractivity contribution in [3.8, 4) is 0 Å². The minimum Gasteiger partial charge on any atom is -0.313 e. The van der Waals surface area contributed by atoms with Crippen LogP contribution >= 0.6 is 11.8 Å². The fourth-order valence-corrected chi connectivity index (χ4v) is 2.10. The second-order valence-electron chi connectivity index (χ2n) is 2.96. The first kappa shape index (κ1) is 8.07. The van der Waals surface area contributed by atoms with Crippen molar-refractivity contribution in [1.29, 1.82) is 0 Å². The summed E-state index contributed by atoms with van der Waals surface area (Å²) in [4.78, 5) is 24.0. The van der Waals surface area contributed by atoms with Crippen molar-refractivity contribution in [2.24, 2.45) is 0 Å². The van der Waals surface area contributed by atoms with Gasteiger partial charge in [0.05, 0.1) is 17.5 Å². The number of imide groups is 1. The van der Waals surface area contributed by atoms with Crippen molar-refractivity contribution >= 4 is 23.6 Å². The highest BCUT2D eigenvalue weighted by molar-refractivity contribution is 8.00. The van der Waals surface area contributed by atoms with E-state index in [9.17, 15) is 9.59 Å². The molecule has 4 nitrogen and oxygen atoms in total. The van der Waals surface area contributed by atoms with Gasteiger partial charge in [0.2, 0.25) is 11.8 Å². The lowest BCUT2D eigenvalue weighted by Gasteiger charge is -2.38. The zero-order chi connectivity index (χ0) is 8.55. The number of rotatable bonds is 1. The van der Waals surface area contributed by atoms with Gasteiger partial charge in [-0.1, -0.05) is 0 Å². The summed E-state index contributed by atoms with van der Waals surface area (Å²) in [5.74, 6) is 0.871. The molecule has 0 atom stereocenters. The monoisotopic (exact) mass is 186 g/mol. The summed E-state index contributed by atoms with van der Waals surface area (Å²) < 4.78 is 0. The summed E-state index contributed by atoms with van der Waals surface area (Å²) in [5.41, 5.74) is 0. The Bertz CT molecular complexity index is 211. The lowest BCUT2D eigenvalue weighted by Crippen LogP contribution is -2.62. The predicted molar refractivity (Wildman–Crippen MR) is 45.8 cm³/mol. The highest BCUT2D eigenvalue weighted by Crippen LogP contribution is 2.16. The molecule has 2 amide bonds. The molecule has 0 aliphatic carbocycles. The van der Waals surface area contributed by atoms with Gasteiger partial charge >= 0.3 is 0 Å². The molecule has 0 bridgehead atoms. The lowest BCUT2D eigenvalue weighted by atomic mass is 10.1. The number of thioether (sulfide) groups is 1. The lowest BCUT2D eigenvalue weighted by molar-refractivity contribution is -0.146. The van der Waals surface area contributed by atoms with Gasteiger partial charge < -0.3 is 5.32 Å². The number of amides is 2. The second kappa shape index (κ2) is 3.06. The molecule has 0 saturated carbocycles. The van der Waals surface area contributed by atoms with E-state index in [4.69, 9.17) is 0 Å². The molecule has 2 aliphatic heterocycles. The number of hydrogen-bond donors (Lipinski definition) is 1. The van der Waals surface area contributed by atoms with Crippen molar-refractivity contribution in [3.05, 3.63) is 0 Å². The number of carbonyl (C=O) groups excluding carboxylic acids is 2. The van der Waals surface area contributed by atoms with E-state index in [1.54, 1.807) is 0 Å². The number of carbonyl (C=O) groups is 2. The molecule has 0 unspecified atom stereocenters. The van der Waals surface area contributed by atoms with Gasteiger partial charge in [0.15, 0.2) is 0 Å². The molecular weight excluding hydrogens is 176 g/mol. The smallest absolute Gasteiger partial charge is 0.239 e. The Hall–Kier alpha value is -0.550. The van der Waals surface area contributed by atoms with Crippen LogP contribution in [0.15, 0.2) is 0 Å². The Labute approximate surface area is 74.7 Å². The highest BCUT2D eigenvalue weighted by Gasteiger charge is 2.35. The molecule has 1 N–H and O–H groups in total. The van der Waals surface area contributed by atoms with E-state index in [0.717, 1.165) is 13.1 Å². The molecule has 12 heavy (non-hydrogen) atoms. The zero-order valence-electron chi connectivity index (χ0n) is 6.58. The van der Waals surface area contributed by atoms with Crippen molar-refractivity contribution in [3.63, 3.8) is 0 Å². The average Bonchev–Trinajstić information content (AvgIpc) is 1.93. The molecule has 2 rings (SSSR count). The van der Waals surface area contributed by atoms with Gasteiger partial charge in [-0.15, -0.1) is 11.8 Å². The maximum absolute atomic E-state index is 11.3. The minimum absolute atomic E-state index is 0.0252. The largest absolute Gasteiger partial charge is 0.313 e. The van der Waals surface area contributed by atoms with Crippen LogP contribution in [-0.4, -0.2) is 47.4 Å². The SMILES string of the molecule is O=C1CSCC(=O)N1C1CNC1. The molecule has 66 valence electrons. The summed E-state index contributed by atoms with van der Waals surface area (Å²) in [7, 11) is 0. The quantitative estimate of drug-likeness (QED) is 0.537. The van der Waals surface area contributed by atoms with Crippen LogP contribution < -0.4 is 5.32 Å². The fraction of sp³-hybridized carbons (Fsp3) is 0.714. The molecule has 0 radical (unpaired) electrons. The Morgan fingerprint density at radius 2 is 1.83 bits per heavy atom. The molecule has 0 aromatic rings. The molecule has 2 heterocycles. The first-order chi connectivity index (χ1) is 5.79. The Morgan fingerprint density at radius 1 is 1.25 bits per heavy atom. The van der Waals surface area contributed by atoms with Crippen LogP contribution in [0.3, 0.4) is 0 Å². The highest BCUT2D eigenvalue weighted by atomic mass is 32.2. The van der Waals surface area contributed by atoms with Gasteiger partial charge in [0.25, 0.3) is 0 Å². The van der Waals surface area contributed by atoms with Crippen LogP contribution in [0.1, 0.15) is 0 Å². The Balaban J connectivity index is 2.07. The van der Waals surface area contributed by atoms with Crippen LogP contribution in [0.5, 0.6) is 0 Å². The van der Waals surface area contributed by atoms with Crippen LogP contribution in [-0.2, 0) is 9.59 Å². The molecule has 2 aliphatic rings. The van der Waals surface area contributed by atoms with E-state index in [0.29, 0.717) is 11.5 Å². The topological polar surface area (TPSA) is 49.4 Å². The first-order valence-electron chi connectivity index (χ1n) is 3.92. The average molecular weight is 186 g/mol. The standard InChI is InChI=1S/C7H10N2O2S/c10-6-3-12-4-7(11)9(6)5-1-8-2-5/h5,8H,1-4H2. The van der Waals surface area contributed by atoms with E-state index in [2.05, 4.69) is 5.32 Å².